The molecule has 2 atom stereocenters. The normalized spacial score (nSPS) is 18.6. The van der Waals surface area contributed by atoms with Crippen LogP contribution in [0.3, 0.4) is 0 Å². The van der Waals surface area contributed by atoms with Gasteiger partial charge in [0.25, 0.3) is 0 Å². The summed E-state index contributed by atoms with van der Waals surface area (Å²) in [7, 11) is 0. The predicted molar refractivity (Wildman–Crippen MR) is 126 cm³/mol. The number of benzene rings is 3. The molecule has 3 aromatic carbocycles. The van der Waals surface area contributed by atoms with Gasteiger partial charge in [0.05, 0.1) is 6.10 Å². The molecule has 0 heterocycles. The molecule has 0 aromatic heterocycles. The largest absolute Gasteiger partial charge is 0.489 e. The molecule has 0 saturated heterocycles. The van der Waals surface area contributed by atoms with E-state index in [2.05, 4.69) is 62.4 Å². The van der Waals surface area contributed by atoms with Crippen molar-refractivity contribution >= 4 is 11.8 Å². The van der Waals surface area contributed by atoms with E-state index in [1.807, 2.05) is 42.1 Å². The lowest BCUT2D eigenvalue weighted by Crippen LogP contribution is -2.36. The standard InChI is InChI=1S/C27H30O2S/c1-27(2,30-19-21-12-7-4-8-13-21)24-17-16-22-23(26(24)28)14-9-15-25(22)29-18-20-10-5-3-6-11-20/h3-15,24,26,28H,16-19H2,1-2H3/t24-,26+/m0/s1. The zero-order valence-corrected chi connectivity index (χ0v) is 18.6. The minimum absolute atomic E-state index is 0.0200. The molecule has 0 saturated carbocycles. The Morgan fingerprint density at radius 1 is 0.900 bits per heavy atom. The van der Waals surface area contributed by atoms with Crippen molar-refractivity contribution in [3.63, 3.8) is 0 Å². The summed E-state index contributed by atoms with van der Waals surface area (Å²) in [6, 6.07) is 26.9. The van der Waals surface area contributed by atoms with Gasteiger partial charge in [0.1, 0.15) is 12.4 Å². The van der Waals surface area contributed by atoms with Crippen LogP contribution in [-0.4, -0.2) is 9.85 Å². The summed E-state index contributed by atoms with van der Waals surface area (Å²) in [4.78, 5) is 0. The van der Waals surface area contributed by atoms with Gasteiger partial charge >= 0.3 is 0 Å². The number of thioether (sulfide) groups is 1. The molecule has 0 radical (unpaired) electrons. The van der Waals surface area contributed by atoms with E-state index >= 15 is 0 Å². The third kappa shape index (κ3) is 4.74. The Bertz CT molecular complexity index is 953. The van der Waals surface area contributed by atoms with Crippen molar-refractivity contribution < 1.29 is 9.84 Å². The molecule has 0 fully saturated rings. The summed E-state index contributed by atoms with van der Waals surface area (Å²) in [6.45, 7) is 5.10. The summed E-state index contributed by atoms with van der Waals surface area (Å²) < 4.78 is 6.13. The molecule has 0 aliphatic heterocycles. The van der Waals surface area contributed by atoms with Crippen LogP contribution in [0.4, 0.5) is 0 Å². The van der Waals surface area contributed by atoms with E-state index in [1.54, 1.807) is 0 Å². The zero-order valence-electron chi connectivity index (χ0n) is 17.8. The van der Waals surface area contributed by atoms with Gasteiger partial charge < -0.3 is 9.84 Å². The van der Waals surface area contributed by atoms with Crippen LogP contribution in [0.25, 0.3) is 0 Å². The highest BCUT2D eigenvalue weighted by Crippen LogP contribution is 2.48. The number of hydrogen-bond acceptors (Lipinski definition) is 3. The first-order valence-electron chi connectivity index (χ1n) is 10.7. The number of fused-ring (bicyclic) bond motifs is 1. The smallest absolute Gasteiger partial charge is 0.123 e. The second kappa shape index (κ2) is 9.28. The quantitative estimate of drug-likeness (QED) is 0.470. The monoisotopic (exact) mass is 418 g/mol. The van der Waals surface area contributed by atoms with Crippen molar-refractivity contribution in [1.29, 1.82) is 0 Å². The summed E-state index contributed by atoms with van der Waals surface area (Å²) in [6.07, 6.45) is 1.44. The Morgan fingerprint density at radius 3 is 2.27 bits per heavy atom. The van der Waals surface area contributed by atoms with Crippen LogP contribution < -0.4 is 4.74 Å². The summed E-state index contributed by atoms with van der Waals surface area (Å²) >= 11 is 1.94. The lowest BCUT2D eigenvalue weighted by molar-refractivity contribution is 0.0757. The lowest BCUT2D eigenvalue weighted by Gasteiger charge is -2.41. The first-order valence-corrected chi connectivity index (χ1v) is 11.7. The number of aliphatic hydroxyl groups excluding tert-OH is 1. The Kier molecular flexibility index (Phi) is 6.50. The van der Waals surface area contributed by atoms with Crippen molar-refractivity contribution in [2.75, 3.05) is 0 Å². The maximum Gasteiger partial charge on any atom is 0.123 e. The van der Waals surface area contributed by atoms with E-state index in [4.69, 9.17) is 4.74 Å². The van der Waals surface area contributed by atoms with Crippen molar-refractivity contribution in [3.05, 3.63) is 101 Å². The minimum atomic E-state index is -0.465. The molecular formula is C27H30O2S. The van der Waals surface area contributed by atoms with E-state index in [0.29, 0.717) is 6.61 Å². The maximum absolute atomic E-state index is 11.3. The molecule has 156 valence electrons. The average Bonchev–Trinajstić information content (AvgIpc) is 2.78. The van der Waals surface area contributed by atoms with Crippen LogP contribution in [-0.2, 0) is 18.8 Å². The Morgan fingerprint density at radius 2 is 1.57 bits per heavy atom. The lowest BCUT2D eigenvalue weighted by atomic mass is 9.75. The van der Waals surface area contributed by atoms with Crippen LogP contribution in [0.15, 0.2) is 78.9 Å². The highest BCUT2D eigenvalue weighted by molar-refractivity contribution is 7.99. The van der Waals surface area contributed by atoms with Crippen molar-refractivity contribution in [3.8, 4) is 5.75 Å². The van der Waals surface area contributed by atoms with Gasteiger partial charge in [0, 0.05) is 16.4 Å². The molecule has 1 aliphatic rings. The molecule has 0 amide bonds. The third-order valence-corrected chi connectivity index (χ3v) is 7.68. The number of aliphatic hydroxyl groups is 1. The summed E-state index contributed by atoms with van der Waals surface area (Å²) in [5.74, 6) is 2.08. The molecule has 3 aromatic rings. The fourth-order valence-corrected chi connectivity index (χ4v) is 5.54. The summed E-state index contributed by atoms with van der Waals surface area (Å²) in [5, 5.41) is 11.3. The van der Waals surface area contributed by atoms with E-state index in [0.717, 1.165) is 35.5 Å². The van der Waals surface area contributed by atoms with Gasteiger partial charge in [0.15, 0.2) is 0 Å². The van der Waals surface area contributed by atoms with E-state index < -0.39 is 6.10 Å². The van der Waals surface area contributed by atoms with Gasteiger partial charge in [-0.3, -0.25) is 0 Å². The van der Waals surface area contributed by atoms with Crippen molar-refractivity contribution in [2.24, 2.45) is 5.92 Å². The fraction of sp³-hybridized carbons (Fsp3) is 0.333. The first kappa shape index (κ1) is 21.0. The summed E-state index contributed by atoms with van der Waals surface area (Å²) in [5.41, 5.74) is 4.69. The molecule has 0 bridgehead atoms. The van der Waals surface area contributed by atoms with Crippen molar-refractivity contribution in [1.82, 2.24) is 0 Å². The second-order valence-corrected chi connectivity index (χ2v) is 10.2. The molecule has 4 rings (SSSR count). The van der Waals surface area contributed by atoms with Crippen LogP contribution in [0.5, 0.6) is 5.75 Å². The number of rotatable bonds is 7. The van der Waals surface area contributed by atoms with Gasteiger partial charge in [-0.2, -0.15) is 11.8 Å². The fourth-order valence-electron chi connectivity index (χ4n) is 4.35. The van der Waals surface area contributed by atoms with E-state index in [-0.39, 0.29) is 10.7 Å². The first-order chi connectivity index (χ1) is 14.5. The molecule has 30 heavy (non-hydrogen) atoms. The van der Waals surface area contributed by atoms with Crippen LogP contribution in [0.2, 0.25) is 0 Å². The molecule has 2 nitrogen and oxygen atoms in total. The number of hydrogen-bond donors (Lipinski definition) is 1. The molecule has 1 aliphatic carbocycles. The van der Waals surface area contributed by atoms with Crippen LogP contribution >= 0.6 is 11.8 Å². The average molecular weight is 419 g/mol. The van der Waals surface area contributed by atoms with Gasteiger partial charge in [-0.15, -0.1) is 0 Å². The third-order valence-electron chi connectivity index (χ3n) is 6.16. The minimum Gasteiger partial charge on any atom is -0.489 e. The molecular weight excluding hydrogens is 388 g/mol. The predicted octanol–water partition coefficient (Wildman–Crippen LogP) is 6.57. The van der Waals surface area contributed by atoms with E-state index in [9.17, 15) is 5.11 Å². The van der Waals surface area contributed by atoms with Gasteiger partial charge in [-0.1, -0.05) is 86.6 Å². The Balaban J connectivity index is 1.47. The molecule has 3 heteroatoms. The highest BCUT2D eigenvalue weighted by atomic mass is 32.2. The zero-order chi connectivity index (χ0) is 21.0. The topological polar surface area (TPSA) is 29.5 Å². The van der Waals surface area contributed by atoms with Crippen molar-refractivity contribution in [2.45, 2.75) is 49.9 Å². The maximum atomic E-state index is 11.3. The Labute approximate surface area is 184 Å². The molecule has 0 spiro atoms. The van der Waals surface area contributed by atoms with Gasteiger partial charge in [0.2, 0.25) is 0 Å². The molecule has 0 unspecified atom stereocenters. The van der Waals surface area contributed by atoms with Gasteiger partial charge in [-0.05, 0) is 41.2 Å². The highest BCUT2D eigenvalue weighted by Gasteiger charge is 2.39. The number of ether oxygens (including phenoxy) is 1. The van der Waals surface area contributed by atoms with E-state index in [1.165, 1.54) is 11.1 Å². The van der Waals surface area contributed by atoms with Crippen LogP contribution in [0, 0.1) is 5.92 Å². The van der Waals surface area contributed by atoms with Crippen LogP contribution in [0.1, 0.15) is 48.6 Å². The SMILES string of the molecule is CC(C)(SCc1ccccc1)[C@H]1CCc2c(OCc3ccccc3)cccc2[C@H]1O. The Hall–Kier alpha value is -2.23. The molecule has 1 N–H and O–H groups in total. The van der Waals surface area contributed by atoms with Gasteiger partial charge in [-0.25, -0.2) is 0 Å². The second-order valence-electron chi connectivity index (χ2n) is 8.57.